The average Bonchev–Trinajstić information content (AvgIpc) is 3.10. The van der Waals surface area contributed by atoms with E-state index in [1.165, 1.54) is 39.7 Å². The highest BCUT2D eigenvalue weighted by Gasteiger charge is 2.62. The van der Waals surface area contributed by atoms with Gasteiger partial charge in [0.25, 0.3) is 0 Å². The number of ether oxygens (including phenoxy) is 2. The van der Waals surface area contributed by atoms with Gasteiger partial charge in [0.05, 0.1) is 7.11 Å². The van der Waals surface area contributed by atoms with Crippen LogP contribution in [-0.4, -0.2) is 30.9 Å². The molecule has 0 saturated heterocycles. The molecule has 4 aliphatic carbocycles. The molecule has 0 aliphatic heterocycles. The van der Waals surface area contributed by atoms with E-state index in [4.69, 9.17) is 9.47 Å². The summed E-state index contributed by atoms with van der Waals surface area (Å²) >= 11 is 0. The predicted octanol–water partition coefficient (Wildman–Crippen LogP) is 5.35. The number of rotatable bonds is 5. The minimum absolute atomic E-state index is 0.0439. The lowest BCUT2D eigenvalue weighted by Gasteiger charge is -2.60. The van der Waals surface area contributed by atoms with Crippen molar-refractivity contribution < 1.29 is 23.9 Å². The Balaban J connectivity index is 1.50. The number of hydrogen-bond donors (Lipinski definition) is 0. The summed E-state index contributed by atoms with van der Waals surface area (Å²) in [4.78, 5) is 36.6. The Morgan fingerprint density at radius 1 is 1.06 bits per heavy atom. The average molecular weight is 447 g/mol. The molecular formula is C27H42O5. The minimum Gasteiger partial charge on any atom is -0.469 e. The molecule has 32 heavy (non-hydrogen) atoms. The zero-order valence-corrected chi connectivity index (χ0v) is 20.7. The molecule has 0 aromatic heterocycles. The lowest BCUT2D eigenvalue weighted by Crippen LogP contribution is -2.57. The smallest absolute Gasteiger partial charge is 0.305 e. The van der Waals surface area contributed by atoms with Crippen LogP contribution in [0.1, 0.15) is 91.9 Å². The quantitative estimate of drug-likeness (QED) is 0.533. The third kappa shape index (κ3) is 3.92. The lowest BCUT2D eigenvalue weighted by molar-refractivity contribution is -0.169. The molecule has 0 radical (unpaired) electrons. The molecule has 0 spiro atoms. The van der Waals surface area contributed by atoms with E-state index in [9.17, 15) is 14.4 Å². The van der Waals surface area contributed by atoms with E-state index >= 15 is 0 Å². The standard InChI is InChI=1S/C27H42O5/c1-16(6-9-25(30)31-5)20-7-8-21-19-15-24(29)23-14-18(32-17(2)28)10-12-27(23,4)22(19)11-13-26(20,21)3/h16,18-23H,6-15H2,1-5H3. The van der Waals surface area contributed by atoms with Gasteiger partial charge in [-0.1, -0.05) is 20.8 Å². The Hall–Kier alpha value is -1.39. The predicted molar refractivity (Wildman–Crippen MR) is 122 cm³/mol. The third-order valence-electron chi connectivity index (χ3n) is 10.5. The molecule has 180 valence electrons. The van der Waals surface area contributed by atoms with Crippen LogP contribution in [0.3, 0.4) is 0 Å². The molecule has 0 aromatic carbocycles. The van der Waals surface area contributed by atoms with Gasteiger partial charge in [0.2, 0.25) is 0 Å². The number of esters is 2. The van der Waals surface area contributed by atoms with E-state index in [0.717, 1.165) is 19.3 Å². The van der Waals surface area contributed by atoms with Crippen molar-refractivity contribution in [3.8, 4) is 0 Å². The molecule has 5 nitrogen and oxygen atoms in total. The molecule has 4 rings (SSSR count). The van der Waals surface area contributed by atoms with Crippen molar-refractivity contribution in [1.82, 2.24) is 0 Å². The number of fused-ring (bicyclic) bond motifs is 5. The Kier molecular flexibility index (Phi) is 6.50. The normalized spacial score (nSPS) is 44.1. The summed E-state index contributed by atoms with van der Waals surface area (Å²) < 4.78 is 10.4. The van der Waals surface area contributed by atoms with Gasteiger partial charge < -0.3 is 9.47 Å². The molecule has 0 amide bonds. The topological polar surface area (TPSA) is 69.7 Å². The van der Waals surface area contributed by atoms with Crippen molar-refractivity contribution in [2.45, 2.75) is 98.0 Å². The Morgan fingerprint density at radius 3 is 2.44 bits per heavy atom. The van der Waals surface area contributed by atoms with Gasteiger partial charge in [-0.25, -0.2) is 0 Å². The van der Waals surface area contributed by atoms with E-state index in [1.807, 2.05) is 0 Å². The summed E-state index contributed by atoms with van der Waals surface area (Å²) in [7, 11) is 1.47. The van der Waals surface area contributed by atoms with Crippen LogP contribution in [0.15, 0.2) is 0 Å². The van der Waals surface area contributed by atoms with E-state index in [-0.39, 0.29) is 34.8 Å². The second kappa shape index (κ2) is 8.76. The van der Waals surface area contributed by atoms with Crippen LogP contribution in [0.25, 0.3) is 0 Å². The monoisotopic (exact) mass is 446 g/mol. The molecule has 4 saturated carbocycles. The van der Waals surface area contributed by atoms with Crippen molar-refractivity contribution in [3.05, 3.63) is 0 Å². The Labute approximate surface area is 193 Å². The van der Waals surface area contributed by atoms with Crippen LogP contribution in [0.2, 0.25) is 0 Å². The number of methoxy groups -OCH3 is 1. The van der Waals surface area contributed by atoms with Gasteiger partial charge in [0, 0.05) is 25.7 Å². The van der Waals surface area contributed by atoms with Crippen molar-refractivity contribution in [2.75, 3.05) is 7.11 Å². The van der Waals surface area contributed by atoms with Crippen molar-refractivity contribution >= 4 is 17.7 Å². The van der Waals surface area contributed by atoms with Gasteiger partial charge in [0.1, 0.15) is 11.9 Å². The van der Waals surface area contributed by atoms with Gasteiger partial charge in [0.15, 0.2) is 0 Å². The molecular weight excluding hydrogens is 404 g/mol. The molecule has 5 heteroatoms. The van der Waals surface area contributed by atoms with Crippen molar-refractivity contribution in [2.24, 2.45) is 46.3 Å². The maximum Gasteiger partial charge on any atom is 0.305 e. The molecule has 0 aromatic rings. The fourth-order valence-electron chi connectivity index (χ4n) is 8.97. The van der Waals surface area contributed by atoms with E-state index < -0.39 is 0 Å². The number of carbonyl (C=O) groups is 3. The third-order valence-corrected chi connectivity index (χ3v) is 10.5. The van der Waals surface area contributed by atoms with Gasteiger partial charge in [-0.15, -0.1) is 0 Å². The number of hydrogen-bond acceptors (Lipinski definition) is 5. The molecule has 9 atom stereocenters. The largest absolute Gasteiger partial charge is 0.469 e. The summed E-state index contributed by atoms with van der Waals surface area (Å²) in [5, 5.41) is 0. The molecule has 0 N–H and O–H groups in total. The van der Waals surface area contributed by atoms with Gasteiger partial charge in [-0.3, -0.25) is 14.4 Å². The summed E-state index contributed by atoms with van der Waals surface area (Å²) in [5.41, 5.74) is 0.321. The summed E-state index contributed by atoms with van der Waals surface area (Å²) in [6, 6.07) is 0. The first-order chi connectivity index (χ1) is 15.1. The summed E-state index contributed by atoms with van der Waals surface area (Å²) in [5.74, 6) is 2.95. The lowest BCUT2D eigenvalue weighted by atomic mass is 9.44. The number of Topliss-reactive ketones (excluding diaryl/α,β-unsaturated/α-hetero) is 1. The Morgan fingerprint density at radius 2 is 1.75 bits per heavy atom. The van der Waals surface area contributed by atoms with Crippen LogP contribution in [0.5, 0.6) is 0 Å². The number of ketones is 1. The molecule has 4 fully saturated rings. The van der Waals surface area contributed by atoms with E-state index in [1.54, 1.807) is 0 Å². The van der Waals surface area contributed by atoms with E-state index in [2.05, 4.69) is 20.8 Å². The first-order valence-corrected chi connectivity index (χ1v) is 12.9. The van der Waals surface area contributed by atoms with Crippen LogP contribution in [0, 0.1) is 46.3 Å². The maximum atomic E-state index is 13.4. The fraction of sp³-hybridized carbons (Fsp3) is 0.889. The molecule has 0 bridgehead atoms. The number of carbonyl (C=O) groups excluding carboxylic acids is 3. The minimum atomic E-state index is -0.230. The van der Waals surface area contributed by atoms with Crippen LogP contribution < -0.4 is 0 Å². The van der Waals surface area contributed by atoms with E-state index in [0.29, 0.717) is 54.6 Å². The van der Waals surface area contributed by atoms with Crippen molar-refractivity contribution in [1.29, 1.82) is 0 Å². The first kappa shape index (κ1) is 23.8. The van der Waals surface area contributed by atoms with Gasteiger partial charge >= 0.3 is 11.9 Å². The van der Waals surface area contributed by atoms with Crippen molar-refractivity contribution in [3.63, 3.8) is 0 Å². The zero-order valence-electron chi connectivity index (χ0n) is 20.7. The van der Waals surface area contributed by atoms with Gasteiger partial charge in [-0.2, -0.15) is 0 Å². The molecule has 0 heterocycles. The molecule has 4 aliphatic rings. The van der Waals surface area contributed by atoms with Crippen LogP contribution in [-0.2, 0) is 23.9 Å². The maximum absolute atomic E-state index is 13.4. The first-order valence-electron chi connectivity index (χ1n) is 12.9. The highest BCUT2D eigenvalue weighted by atomic mass is 16.5. The second-order valence-electron chi connectivity index (χ2n) is 11.9. The second-order valence-corrected chi connectivity index (χ2v) is 11.9. The molecule has 9 unspecified atom stereocenters. The highest BCUT2D eigenvalue weighted by Crippen LogP contribution is 2.67. The fourth-order valence-corrected chi connectivity index (χ4v) is 8.97. The summed E-state index contributed by atoms with van der Waals surface area (Å²) in [6.07, 6.45) is 9.48. The summed E-state index contributed by atoms with van der Waals surface area (Å²) in [6.45, 7) is 8.63. The highest BCUT2D eigenvalue weighted by molar-refractivity contribution is 5.83. The van der Waals surface area contributed by atoms with Crippen LogP contribution >= 0.6 is 0 Å². The SMILES string of the molecule is COC(=O)CCC(C)C1CCC2C3CC(=O)C4CC(OC(C)=O)CCC4(C)C3CCC12C. The Bertz CT molecular complexity index is 761. The van der Waals surface area contributed by atoms with Crippen LogP contribution in [0.4, 0.5) is 0 Å². The zero-order chi connectivity index (χ0) is 23.3. The van der Waals surface area contributed by atoms with Gasteiger partial charge in [-0.05, 0) is 91.8 Å².